The van der Waals surface area contributed by atoms with Crippen LogP contribution in [0.4, 0.5) is 5.69 Å². The summed E-state index contributed by atoms with van der Waals surface area (Å²) in [5.41, 5.74) is 0.696. The van der Waals surface area contributed by atoms with Crippen LogP contribution in [0.25, 0.3) is 0 Å². The zero-order valence-electron chi connectivity index (χ0n) is 14.5. The van der Waals surface area contributed by atoms with E-state index in [1.165, 1.54) is 0 Å². The largest absolute Gasteiger partial charge is 0.497 e. The molecule has 0 aromatic heterocycles. The number of carbonyl (C=O) groups is 3. The van der Waals surface area contributed by atoms with E-state index >= 15 is 0 Å². The molecule has 2 amide bonds. The average molecular weight is 348 g/mol. The maximum atomic E-state index is 12.4. The van der Waals surface area contributed by atoms with Gasteiger partial charge in [0.2, 0.25) is 11.8 Å². The number of nitrogens with zero attached hydrogens (tertiary/aromatic N) is 1. The lowest BCUT2D eigenvalue weighted by molar-refractivity contribution is -0.142. The van der Waals surface area contributed by atoms with Crippen molar-refractivity contribution in [2.24, 2.45) is 5.92 Å². The van der Waals surface area contributed by atoms with Crippen LogP contribution in [0.15, 0.2) is 24.3 Å². The Kier molecular flexibility index (Phi) is 6.38. The molecule has 1 aromatic rings. The number of amides is 2. The molecule has 0 bridgehead atoms. The Morgan fingerprint density at radius 2 is 2.04 bits per heavy atom. The van der Waals surface area contributed by atoms with E-state index in [2.05, 4.69) is 5.32 Å². The maximum Gasteiger partial charge on any atom is 0.326 e. The average Bonchev–Trinajstić information content (AvgIpc) is 3.00. The van der Waals surface area contributed by atoms with Crippen LogP contribution in [0.3, 0.4) is 0 Å². The lowest BCUT2D eigenvalue weighted by Gasteiger charge is -2.19. The van der Waals surface area contributed by atoms with Crippen LogP contribution in [0.1, 0.15) is 32.6 Å². The van der Waals surface area contributed by atoms with E-state index in [1.54, 1.807) is 36.3 Å². The highest BCUT2D eigenvalue weighted by molar-refractivity contribution is 6.00. The number of nitrogens with one attached hydrogen (secondary N) is 1. The normalized spacial score (nSPS) is 18.1. The highest BCUT2D eigenvalue weighted by Crippen LogP contribution is 2.27. The smallest absolute Gasteiger partial charge is 0.326 e. The number of carboxylic acids is 1. The Morgan fingerprint density at radius 1 is 1.36 bits per heavy atom. The molecule has 136 valence electrons. The molecule has 0 radical (unpaired) electrons. The summed E-state index contributed by atoms with van der Waals surface area (Å²) in [7, 11) is 1.56. The fourth-order valence-electron chi connectivity index (χ4n) is 2.85. The van der Waals surface area contributed by atoms with E-state index in [1.807, 2.05) is 6.92 Å². The predicted molar refractivity (Wildman–Crippen MR) is 92.5 cm³/mol. The van der Waals surface area contributed by atoms with Gasteiger partial charge in [-0.25, -0.2) is 4.79 Å². The fraction of sp³-hybridized carbons (Fsp3) is 0.500. The van der Waals surface area contributed by atoms with E-state index in [4.69, 9.17) is 4.74 Å². The number of methoxy groups -OCH3 is 1. The summed E-state index contributed by atoms with van der Waals surface area (Å²) >= 11 is 0. The van der Waals surface area contributed by atoms with Crippen molar-refractivity contribution in [2.75, 3.05) is 18.6 Å². The number of carboxylic acid groups (broad SMARTS) is 1. The van der Waals surface area contributed by atoms with Crippen LogP contribution < -0.4 is 15.0 Å². The van der Waals surface area contributed by atoms with Crippen LogP contribution in [-0.2, 0) is 14.4 Å². The Balaban J connectivity index is 2.00. The minimum atomic E-state index is -1.04. The first-order valence-corrected chi connectivity index (χ1v) is 8.43. The highest BCUT2D eigenvalue weighted by atomic mass is 16.5. The third kappa shape index (κ3) is 4.71. The molecular weight excluding hydrogens is 324 g/mol. The molecule has 25 heavy (non-hydrogen) atoms. The Labute approximate surface area is 147 Å². The summed E-state index contributed by atoms with van der Waals surface area (Å²) in [5.74, 6) is -1.43. The van der Waals surface area contributed by atoms with Crippen LogP contribution in [0, 0.1) is 5.92 Å². The van der Waals surface area contributed by atoms with Crippen LogP contribution in [0.5, 0.6) is 5.75 Å². The first kappa shape index (κ1) is 18.8. The molecule has 2 atom stereocenters. The molecule has 0 saturated carbocycles. The maximum absolute atomic E-state index is 12.4. The number of benzene rings is 1. The van der Waals surface area contributed by atoms with Crippen molar-refractivity contribution in [3.63, 3.8) is 0 Å². The van der Waals surface area contributed by atoms with Gasteiger partial charge in [-0.1, -0.05) is 19.8 Å². The van der Waals surface area contributed by atoms with Gasteiger partial charge in [0.05, 0.1) is 13.0 Å². The van der Waals surface area contributed by atoms with Crippen molar-refractivity contribution in [3.8, 4) is 5.75 Å². The standard InChI is InChI=1S/C18H24N2O5/c1-3-4-5-15(18(23)24)19-17(22)12-10-16(21)20(11-12)13-6-8-14(25-2)9-7-13/h6-9,12,15H,3-5,10-11H2,1-2H3,(H,19,22)(H,23,24)/t12?,15-/m0/s1. The minimum absolute atomic E-state index is 0.0813. The second kappa shape index (κ2) is 8.50. The number of unbranched alkanes of at least 4 members (excludes halogenated alkanes) is 1. The summed E-state index contributed by atoms with van der Waals surface area (Å²) in [6.45, 7) is 2.21. The third-order valence-corrected chi connectivity index (χ3v) is 4.34. The molecule has 2 rings (SSSR count). The van der Waals surface area contributed by atoms with Crippen molar-refractivity contribution in [3.05, 3.63) is 24.3 Å². The Bertz CT molecular complexity index is 629. The van der Waals surface area contributed by atoms with Gasteiger partial charge in [0.1, 0.15) is 11.8 Å². The first-order valence-electron chi connectivity index (χ1n) is 8.43. The number of aliphatic carboxylic acids is 1. The second-order valence-electron chi connectivity index (χ2n) is 6.15. The zero-order chi connectivity index (χ0) is 18.4. The Morgan fingerprint density at radius 3 is 2.60 bits per heavy atom. The number of rotatable bonds is 8. The van der Waals surface area contributed by atoms with Crippen LogP contribution in [-0.4, -0.2) is 42.6 Å². The second-order valence-corrected chi connectivity index (χ2v) is 6.15. The topological polar surface area (TPSA) is 95.9 Å². The van der Waals surface area contributed by atoms with Gasteiger partial charge in [-0.05, 0) is 30.7 Å². The Hall–Kier alpha value is -2.57. The van der Waals surface area contributed by atoms with E-state index in [0.29, 0.717) is 17.9 Å². The van der Waals surface area contributed by atoms with Gasteiger partial charge in [-0.3, -0.25) is 9.59 Å². The number of carbonyl (C=O) groups excluding carboxylic acids is 2. The molecule has 1 heterocycles. The van der Waals surface area contributed by atoms with Gasteiger partial charge in [0.25, 0.3) is 0 Å². The number of ether oxygens (including phenoxy) is 1. The van der Waals surface area contributed by atoms with Crippen molar-refractivity contribution in [1.29, 1.82) is 0 Å². The highest BCUT2D eigenvalue weighted by Gasteiger charge is 2.36. The summed E-state index contributed by atoms with van der Waals surface area (Å²) in [5, 5.41) is 11.8. The van der Waals surface area contributed by atoms with Gasteiger partial charge < -0.3 is 20.1 Å². The molecule has 2 N–H and O–H groups in total. The molecule has 1 unspecified atom stereocenters. The van der Waals surface area contributed by atoms with Crippen molar-refractivity contribution >= 4 is 23.5 Å². The molecule has 1 aromatic carbocycles. The summed E-state index contributed by atoms with van der Waals surface area (Å²) in [4.78, 5) is 37.4. The molecule has 0 spiro atoms. The van der Waals surface area contributed by atoms with Gasteiger partial charge in [0, 0.05) is 18.7 Å². The van der Waals surface area contributed by atoms with Crippen LogP contribution >= 0.6 is 0 Å². The molecular formula is C18H24N2O5. The van der Waals surface area contributed by atoms with Crippen LogP contribution in [0.2, 0.25) is 0 Å². The first-order chi connectivity index (χ1) is 12.0. The molecule has 7 heteroatoms. The van der Waals surface area contributed by atoms with E-state index in [9.17, 15) is 19.5 Å². The van der Waals surface area contributed by atoms with E-state index in [-0.39, 0.29) is 24.8 Å². The summed E-state index contributed by atoms with van der Waals surface area (Å²) < 4.78 is 5.09. The zero-order valence-corrected chi connectivity index (χ0v) is 14.5. The quantitative estimate of drug-likeness (QED) is 0.747. The fourth-order valence-corrected chi connectivity index (χ4v) is 2.85. The van der Waals surface area contributed by atoms with Gasteiger partial charge >= 0.3 is 5.97 Å². The third-order valence-electron chi connectivity index (χ3n) is 4.34. The number of anilines is 1. The number of hydrogen-bond acceptors (Lipinski definition) is 4. The molecule has 7 nitrogen and oxygen atoms in total. The van der Waals surface area contributed by atoms with E-state index in [0.717, 1.165) is 12.8 Å². The van der Waals surface area contributed by atoms with E-state index < -0.39 is 17.9 Å². The summed E-state index contributed by atoms with van der Waals surface area (Å²) in [6, 6.07) is 6.12. The summed E-state index contributed by atoms with van der Waals surface area (Å²) in [6.07, 6.45) is 2.05. The lowest BCUT2D eigenvalue weighted by atomic mass is 10.1. The SMILES string of the molecule is CCCC[C@H](NC(=O)C1CC(=O)N(c2ccc(OC)cc2)C1)C(=O)O. The monoisotopic (exact) mass is 348 g/mol. The van der Waals surface area contributed by atoms with Crippen molar-refractivity contribution in [1.82, 2.24) is 5.32 Å². The molecule has 1 fully saturated rings. The molecule has 1 aliphatic rings. The van der Waals surface area contributed by atoms with Gasteiger partial charge in [0.15, 0.2) is 0 Å². The van der Waals surface area contributed by atoms with Gasteiger partial charge in [-0.2, -0.15) is 0 Å². The van der Waals surface area contributed by atoms with Crippen molar-refractivity contribution in [2.45, 2.75) is 38.6 Å². The molecule has 1 saturated heterocycles. The molecule has 0 aliphatic carbocycles. The predicted octanol–water partition coefficient (Wildman–Crippen LogP) is 1.81. The lowest BCUT2D eigenvalue weighted by Crippen LogP contribution is -2.44. The minimum Gasteiger partial charge on any atom is -0.497 e. The number of hydrogen-bond donors (Lipinski definition) is 2. The molecule has 1 aliphatic heterocycles. The van der Waals surface area contributed by atoms with Gasteiger partial charge in [-0.15, -0.1) is 0 Å². The van der Waals surface area contributed by atoms with Crippen molar-refractivity contribution < 1.29 is 24.2 Å².